The topological polar surface area (TPSA) is 53.1 Å². The maximum atomic E-state index is 13.8. The molecule has 0 atom stereocenters. The lowest BCUT2D eigenvalue weighted by atomic mass is 9.85. The lowest BCUT2D eigenvalue weighted by molar-refractivity contribution is -0.146. The van der Waals surface area contributed by atoms with E-state index in [2.05, 4.69) is 64.4 Å². The second-order valence-corrected chi connectivity index (χ2v) is 10.1. The number of hydrogen-bond acceptors (Lipinski definition) is 5. The van der Waals surface area contributed by atoms with Crippen LogP contribution in [-0.4, -0.2) is 60.6 Å². The molecule has 4 aromatic carbocycles. The summed E-state index contributed by atoms with van der Waals surface area (Å²) in [4.78, 5) is 32.2. The fourth-order valence-corrected chi connectivity index (χ4v) is 6.13. The van der Waals surface area contributed by atoms with Gasteiger partial charge >= 0.3 is 5.97 Å². The van der Waals surface area contributed by atoms with Crippen LogP contribution in [0.4, 0.5) is 5.69 Å². The van der Waals surface area contributed by atoms with Crippen molar-refractivity contribution in [1.82, 2.24) is 9.80 Å². The van der Waals surface area contributed by atoms with Crippen molar-refractivity contribution in [2.45, 2.75) is 24.9 Å². The van der Waals surface area contributed by atoms with Gasteiger partial charge in [-0.2, -0.15) is 0 Å². The summed E-state index contributed by atoms with van der Waals surface area (Å²) < 4.78 is 4.87. The minimum Gasteiger partial charge on any atom is -0.468 e. The Kier molecular flexibility index (Phi) is 6.05. The van der Waals surface area contributed by atoms with Crippen molar-refractivity contribution in [2.75, 3.05) is 38.3 Å². The lowest BCUT2D eigenvalue weighted by Crippen LogP contribution is -2.56. The molecule has 1 amide bonds. The molecule has 0 radical (unpaired) electrons. The molecule has 2 fully saturated rings. The van der Waals surface area contributed by atoms with E-state index in [9.17, 15) is 9.59 Å². The number of ether oxygens (including phenoxy) is 1. The molecular formula is C31H31N3O3. The summed E-state index contributed by atoms with van der Waals surface area (Å²) in [5.74, 6) is -0.365. The molecule has 0 aromatic heterocycles. The highest BCUT2D eigenvalue weighted by atomic mass is 16.5. The maximum Gasteiger partial charge on any atom is 0.325 e. The van der Waals surface area contributed by atoms with E-state index in [1.54, 1.807) is 4.90 Å². The molecule has 2 heterocycles. The number of carbonyl (C=O) groups excluding carboxylic acids is 2. The number of likely N-dealkylation sites (tertiary alicyclic amines) is 1. The minimum absolute atomic E-state index is 0.0217. The third-order valence-electron chi connectivity index (χ3n) is 8.08. The number of esters is 1. The molecule has 4 aromatic rings. The van der Waals surface area contributed by atoms with Crippen LogP contribution in [0.3, 0.4) is 0 Å². The first kappa shape index (κ1) is 23.5. The number of anilines is 1. The first-order valence-corrected chi connectivity index (χ1v) is 12.9. The second-order valence-electron chi connectivity index (χ2n) is 10.1. The van der Waals surface area contributed by atoms with Crippen LogP contribution in [0.5, 0.6) is 0 Å². The highest BCUT2D eigenvalue weighted by molar-refractivity contribution is 6.02. The lowest BCUT2D eigenvalue weighted by Gasteiger charge is -2.43. The molecule has 6 heteroatoms. The Morgan fingerprint density at radius 3 is 2.08 bits per heavy atom. The molecule has 188 valence electrons. The summed E-state index contributed by atoms with van der Waals surface area (Å²) in [5.41, 5.74) is 1.71. The SMILES string of the molecule is COC(=O)CN1CN(c2ccccc2)C2(CCN(Cc3c4ccccc4cc4ccccc34)CC2)C1=O. The zero-order valence-electron chi connectivity index (χ0n) is 21.1. The molecule has 2 aliphatic rings. The number of para-hydroxylation sites is 1. The van der Waals surface area contributed by atoms with E-state index >= 15 is 0 Å². The average molecular weight is 494 g/mol. The Morgan fingerprint density at radius 2 is 1.46 bits per heavy atom. The first-order valence-electron chi connectivity index (χ1n) is 12.9. The number of carbonyl (C=O) groups is 2. The summed E-state index contributed by atoms with van der Waals surface area (Å²) in [5, 5.41) is 5.08. The Morgan fingerprint density at radius 1 is 0.865 bits per heavy atom. The van der Waals surface area contributed by atoms with Gasteiger partial charge in [0, 0.05) is 25.3 Å². The molecule has 37 heavy (non-hydrogen) atoms. The summed E-state index contributed by atoms with van der Waals surface area (Å²) in [6.07, 6.45) is 1.42. The van der Waals surface area contributed by atoms with Gasteiger partial charge in [-0.3, -0.25) is 14.5 Å². The van der Waals surface area contributed by atoms with Crippen LogP contribution in [0.1, 0.15) is 18.4 Å². The molecule has 0 unspecified atom stereocenters. The van der Waals surface area contributed by atoms with E-state index in [1.165, 1.54) is 34.2 Å². The zero-order valence-corrected chi connectivity index (χ0v) is 21.1. The second kappa shape index (κ2) is 9.52. The predicted molar refractivity (Wildman–Crippen MR) is 146 cm³/mol. The number of fused-ring (bicyclic) bond motifs is 2. The van der Waals surface area contributed by atoms with Crippen molar-refractivity contribution in [3.8, 4) is 0 Å². The summed E-state index contributed by atoms with van der Waals surface area (Å²) in [6.45, 7) is 2.82. The van der Waals surface area contributed by atoms with E-state index in [1.807, 2.05) is 30.3 Å². The normalized spacial score (nSPS) is 17.7. The van der Waals surface area contributed by atoms with E-state index in [4.69, 9.17) is 4.74 Å². The van der Waals surface area contributed by atoms with Crippen molar-refractivity contribution >= 4 is 39.1 Å². The Hall–Kier alpha value is -3.90. The molecule has 1 spiro atoms. The van der Waals surface area contributed by atoms with Crippen molar-refractivity contribution < 1.29 is 14.3 Å². The van der Waals surface area contributed by atoms with Gasteiger partial charge in [-0.05, 0) is 58.1 Å². The quantitative estimate of drug-likeness (QED) is 0.295. The number of benzene rings is 4. The van der Waals surface area contributed by atoms with Crippen LogP contribution in [0.15, 0.2) is 84.9 Å². The van der Waals surface area contributed by atoms with Gasteiger partial charge in [-0.15, -0.1) is 0 Å². The molecule has 0 bridgehead atoms. The molecule has 0 N–H and O–H groups in total. The monoisotopic (exact) mass is 493 g/mol. The summed E-state index contributed by atoms with van der Waals surface area (Å²) >= 11 is 0. The van der Waals surface area contributed by atoms with Crippen LogP contribution < -0.4 is 4.90 Å². The third kappa shape index (κ3) is 4.11. The van der Waals surface area contributed by atoms with Gasteiger partial charge in [0.1, 0.15) is 12.1 Å². The molecule has 6 nitrogen and oxygen atoms in total. The minimum atomic E-state index is -0.646. The van der Waals surface area contributed by atoms with Crippen molar-refractivity contribution in [1.29, 1.82) is 0 Å². The molecule has 6 rings (SSSR count). The van der Waals surface area contributed by atoms with Crippen LogP contribution in [-0.2, 0) is 20.9 Å². The summed E-state index contributed by atoms with van der Waals surface area (Å²) in [6, 6.07) is 29.5. The fourth-order valence-electron chi connectivity index (χ4n) is 6.13. The third-order valence-corrected chi connectivity index (χ3v) is 8.08. The average Bonchev–Trinajstić information content (AvgIpc) is 3.20. The van der Waals surface area contributed by atoms with Crippen LogP contribution >= 0.6 is 0 Å². The first-order chi connectivity index (χ1) is 18.1. The van der Waals surface area contributed by atoms with Crippen molar-refractivity contribution in [3.05, 3.63) is 90.5 Å². The van der Waals surface area contributed by atoms with E-state index < -0.39 is 11.5 Å². The largest absolute Gasteiger partial charge is 0.468 e. The van der Waals surface area contributed by atoms with Gasteiger partial charge in [0.05, 0.1) is 13.8 Å². The van der Waals surface area contributed by atoms with E-state index in [0.29, 0.717) is 19.5 Å². The molecule has 0 saturated carbocycles. The maximum absolute atomic E-state index is 13.8. The van der Waals surface area contributed by atoms with Crippen LogP contribution in [0, 0.1) is 0 Å². The van der Waals surface area contributed by atoms with Crippen LogP contribution in [0.2, 0.25) is 0 Å². The zero-order chi connectivity index (χ0) is 25.4. The standard InChI is InChI=1S/C31H31N3O3/c1-37-29(35)21-33-22-34(25-11-3-2-4-12-25)31(30(33)36)15-17-32(18-16-31)20-28-26-13-7-5-9-23(26)19-24-10-6-8-14-27(24)28/h2-14,19H,15-18,20-22H2,1H3. The number of amides is 1. The van der Waals surface area contributed by atoms with Crippen molar-refractivity contribution in [3.63, 3.8) is 0 Å². The van der Waals surface area contributed by atoms with Gasteiger partial charge in [0.2, 0.25) is 0 Å². The Bertz CT molecular complexity index is 1410. The van der Waals surface area contributed by atoms with Gasteiger partial charge in [-0.1, -0.05) is 66.7 Å². The predicted octanol–water partition coefficient (Wildman–Crippen LogP) is 4.81. The molecular weight excluding hydrogens is 462 g/mol. The highest BCUT2D eigenvalue weighted by Gasteiger charge is 2.54. The van der Waals surface area contributed by atoms with E-state index in [-0.39, 0.29) is 12.5 Å². The molecule has 2 saturated heterocycles. The highest BCUT2D eigenvalue weighted by Crippen LogP contribution is 2.40. The van der Waals surface area contributed by atoms with Gasteiger partial charge in [0.15, 0.2) is 0 Å². The number of piperidine rings is 1. The summed E-state index contributed by atoms with van der Waals surface area (Å²) in [7, 11) is 1.36. The molecule has 2 aliphatic heterocycles. The number of rotatable bonds is 5. The number of methoxy groups -OCH3 is 1. The van der Waals surface area contributed by atoms with Crippen LogP contribution in [0.25, 0.3) is 21.5 Å². The van der Waals surface area contributed by atoms with Gasteiger partial charge in [0.25, 0.3) is 5.91 Å². The van der Waals surface area contributed by atoms with E-state index in [0.717, 1.165) is 25.3 Å². The Labute approximate surface area is 217 Å². The number of nitrogens with zero attached hydrogens (tertiary/aromatic N) is 3. The molecule has 0 aliphatic carbocycles. The smallest absolute Gasteiger partial charge is 0.325 e. The van der Waals surface area contributed by atoms with Gasteiger partial charge in [-0.25, -0.2) is 0 Å². The fraction of sp³-hybridized carbons (Fsp3) is 0.290. The van der Waals surface area contributed by atoms with Crippen molar-refractivity contribution in [2.24, 2.45) is 0 Å². The van der Waals surface area contributed by atoms with Gasteiger partial charge < -0.3 is 14.5 Å². The Balaban J connectivity index is 1.29. The number of hydrogen-bond donors (Lipinski definition) is 0.